The number of rotatable bonds is 2. The zero-order valence-corrected chi connectivity index (χ0v) is 12.8. The Morgan fingerprint density at radius 3 is 3.10 bits per heavy atom. The molecule has 4 heterocycles. The van der Waals surface area contributed by atoms with Gasteiger partial charge in [-0.05, 0) is 22.4 Å². The number of ether oxygens (including phenoxy) is 2. The van der Waals surface area contributed by atoms with E-state index < -0.39 is 24.0 Å². The summed E-state index contributed by atoms with van der Waals surface area (Å²) in [7, 11) is 0. The van der Waals surface area contributed by atoms with Gasteiger partial charge in [0.2, 0.25) is 0 Å². The summed E-state index contributed by atoms with van der Waals surface area (Å²) in [4.78, 5) is 12.5. The number of nitrogens with zero attached hydrogens (tertiary/aromatic N) is 4. The van der Waals surface area contributed by atoms with Gasteiger partial charge in [-0.1, -0.05) is 6.92 Å². The van der Waals surface area contributed by atoms with Crippen LogP contribution < -0.4 is 5.73 Å². The van der Waals surface area contributed by atoms with Crippen molar-refractivity contribution in [3.05, 3.63) is 11.1 Å². The number of nitrogen functional groups attached to an aromatic ring is 1. The lowest BCUT2D eigenvalue weighted by atomic mass is 9.96. The van der Waals surface area contributed by atoms with Gasteiger partial charge in [0.1, 0.15) is 24.1 Å². The Morgan fingerprint density at radius 1 is 1.57 bits per heavy atom. The van der Waals surface area contributed by atoms with Crippen LogP contribution in [-0.2, 0) is 9.47 Å². The van der Waals surface area contributed by atoms with Crippen LogP contribution in [0.3, 0.4) is 0 Å². The third-order valence-electron chi connectivity index (χ3n) is 4.32. The Bertz CT molecular complexity index is 722. The van der Waals surface area contributed by atoms with Crippen LogP contribution >= 0.6 is 15.9 Å². The first-order valence-electron chi connectivity index (χ1n) is 6.69. The quantitative estimate of drug-likeness (QED) is 0.759. The number of halogens is 1. The molecule has 3 N–H and O–H groups in total. The highest BCUT2D eigenvalue weighted by molar-refractivity contribution is 9.10. The first kappa shape index (κ1) is 13.4. The number of aliphatic hydroxyl groups is 1. The minimum atomic E-state index is -0.670. The van der Waals surface area contributed by atoms with Crippen molar-refractivity contribution in [3.63, 3.8) is 0 Å². The molecule has 2 aliphatic rings. The Kier molecular flexibility index (Phi) is 2.77. The van der Waals surface area contributed by atoms with Crippen molar-refractivity contribution in [1.82, 2.24) is 19.5 Å². The molecule has 0 spiro atoms. The molecule has 0 amide bonds. The molecule has 4 atom stereocenters. The summed E-state index contributed by atoms with van der Waals surface area (Å²) in [6.45, 7) is 2.37. The number of nitrogens with two attached hydrogens (primary N) is 1. The van der Waals surface area contributed by atoms with Crippen LogP contribution in [0.4, 0.5) is 5.82 Å². The lowest BCUT2D eigenvalue weighted by Crippen LogP contribution is -2.39. The van der Waals surface area contributed by atoms with Crippen LogP contribution in [0.15, 0.2) is 11.1 Å². The summed E-state index contributed by atoms with van der Waals surface area (Å²) < 4.78 is 14.1. The minimum Gasteiger partial charge on any atom is -0.387 e. The predicted molar refractivity (Wildman–Crippen MR) is 76.3 cm³/mol. The number of imidazole rings is 1. The van der Waals surface area contributed by atoms with Gasteiger partial charge in [-0.15, -0.1) is 0 Å². The fourth-order valence-electron chi connectivity index (χ4n) is 3.08. The van der Waals surface area contributed by atoms with Crippen molar-refractivity contribution < 1.29 is 14.6 Å². The first-order chi connectivity index (χ1) is 10.1. The van der Waals surface area contributed by atoms with Crippen LogP contribution in [0.25, 0.3) is 11.2 Å². The van der Waals surface area contributed by atoms with Crippen LogP contribution in [0.5, 0.6) is 0 Å². The molecule has 2 aliphatic heterocycles. The topological polar surface area (TPSA) is 108 Å². The molecular formula is C12H14BrN5O3. The predicted octanol–water partition coefficient (Wildman–Crippen LogP) is 0.608. The van der Waals surface area contributed by atoms with Gasteiger partial charge in [0.25, 0.3) is 0 Å². The van der Waals surface area contributed by atoms with Crippen molar-refractivity contribution >= 4 is 32.9 Å². The van der Waals surface area contributed by atoms with E-state index in [0.717, 1.165) is 0 Å². The standard InChI is InChI=1S/C12H14BrN5O3/c1-2-12-3-20-6(7(12)19)10(21-12)18-9-5(17-11(18)13)8(14)15-4-16-9/h4,6-7,10,19H,2-3H2,1H3,(H2,14,15,16)/t6?,7-,10-,12+/m1/s1. The molecule has 0 saturated carbocycles. The minimum absolute atomic E-state index is 0.300. The first-order valence-corrected chi connectivity index (χ1v) is 7.48. The number of aliphatic hydroxyl groups excluding tert-OH is 1. The fourth-order valence-corrected chi connectivity index (χ4v) is 3.63. The van der Waals surface area contributed by atoms with Crippen molar-refractivity contribution in [2.45, 2.75) is 37.4 Å². The molecule has 2 saturated heterocycles. The van der Waals surface area contributed by atoms with Crippen LogP contribution in [0.2, 0.25) is 0 Å². The van der Waals surface area contributed by atoms with Gasteiger partial charge < -0.3 is 20.3 Å². The molecule has 2 fully saturated rings. The zero-order valence-electron chi connectivity index (χ0n) is 11.2. The molecule has 0 radical (unpaired) electrons. The normalized spacial score (nSPS) is 34.9. The number of hydrogen-bond donors (Lipinski definition) is 2. The zero-order chi connectivity index (χ0) is 14.8. The summed E-state index contributed by atoms with van der Waals surface area (Å²) in [6.07, 6.45) is 0.429. The maximum atomic E-state index is 10.4. The summed E-state index contributed by atoms with van der Waals surface area (Å²) >= 11 is 3.40. The molecule has 1 unspecified atom stereocenters. The van der Waals surface area contributed by atoms with Crippen LogP contribution in [0.1, 0.15) is 19.6 Å². The van der Waals surface area contributed by atoms with Gasteiger partial charge in [-0.25, -0.2) is 15.0 Å². The monoisotopic (exact) mass is 355 g/mol. The van der Waals surface area contributed by atoms with E-state index in [2.05, 4.69) is 30.9 Å². The average Bonchev–Trinajstić information content (AvgIpc) is 3.07. The molecule has 0 aromatic carbocycles. The SMILES string of the molecule is CC[C@@]12COC([C@H](n3c(Br)nc4c(N)ncnc43)O1)[C@H]2O. The molecule has 4 rings (SSSR count). The number of aromatic nitrogens is 4. The molecule has 0 aliphatic carbocycles. The van der Waals surface area contributed by atoms with Gasteiger partial charge in [0.05, 0.1) is 6.61 Å². The summed E-state index contributed by atoms with van der Waals surface area (Å²) in [6, 6.07) is 0. The number of anilines is 1. The lowest BCUT2D eigenvalue weighted by Gasteiger charge is -2.30. The highest BCUT2D eigenvalue weighted by atomic mass is 79.9. The van der Waals surface area contributed by atoms with E-state index in [1.165, 1.54) is 6.33 Å². The third kappa shape index (κ3) is 1.62. The Balaban J connectivity index is 1.86. The molecule has 8 nitrogen and oxygen atoms in total. The van der Waals surface area contributed by atoms with Gasteiger partial charge in [0.15, 0.2) is 27.9 Å². The van der Waals surface area contributed by atoms with E-state index in [-0.39, 0.29) is 0 Å². The summed E-state index contributed by atoms with van der Waals surface area (Å²) in [5, 5.41) is 10.4. The van der Waals surface area contributed by atoms with Crippen molar-refractivity contribution in [3.8, 4) is 0 Å². The number of fused-ring (bicyclic) bond motifs is 3. The maximum Gasteiger partial charge on any atom is 0.181 e. The summed E-state index contributed by atoms with van der Waals surface area (Å²) in [5.41, 5.74) is 6.21. The van der Waals surface area contributed by atoms with Crippen LogP contribution in [0, 0.1) is 0 Å². The van der Waals surface area contributed by atoms with Gasteiger partial charge in [-0.3, -0.25) is 4.57 Å². The van der Waals surface area contributed by atoms with Crippen LogP contribution in [-0.4, -0.2) is 49.0 Å². The molecule has 2 bridgehead atoms. The van der Waals surface area contributed by atoms with Gasteiger partial charge in [0, 0.05) is 0 Å². The second-order valence-corrected chi connectivity index (χ2v) is 6.04. The second-order valence-electron chi connectivity index (χ2n) is 5.33. The molecular weight excluding hydrogens is 342 g/mol. The Morgan fingerprint density at radius 2 is 2.38 bits per heavy atom. The highest BCUT2D eigenvalue weighted by Crippen LogP contribution is 2.48. The molecule has 2 aromatic heterocycles. The lowest BCUT2D eigenvalue weighted by molar-refractivity contribution is -0.173. The van der Waals surface area contributed by atoms with E-state index >= 15 is 0 Å². The fraction of sp³-hybridized carbons (Fsp3) is 0.583. The third-order valence-corrected chi connectivity index (χ3v) is 4.88. The Labute approximate surface area is 128 Å². The van der Waals surface area contributed by atoms with E-state index in [9.17, 15) is 5.11 Å². The number of hydrogen-bond acceptors (Lipinski definition) is 7. The maximum absolute atomic E-state index is 10.4. The van der Waals surface area contributed by atoms with E-state index in [1.54, 1.807) is 4.57 Å². The van der Waals surface area contributed by atoms with E-state index in [1.807, 2.05) is 6.92 Å². The summed E-state index contributed by atoms with van der Waals surface area (Å²) in [5.74, 6) is 0.300. The molecule has 9 heteroatoms. The highest BCUT2D eigenvalue weighted by Gasteiger charge is 2.61. The Hall–Kier alpha value is -1.29. The molecule has 2 aromatic rings. The second kappa shape index (κ2) is 4.35. The average molecular weight is 356 g/mol. The van der Waals surface area contributed by atoms with Crippen molar-refractivity contribution in [2.75, 3.05) is 12.3 Å². The molecule has 21 heavy (non-hydrogen) atoms. The van der Waals surface area contributed by atoms with E-state index in [4.69, 9.17) is 15.2 Å². The largest absolute Gasteiger partial charge is 0.387 e. The van der Waals surface area contributed by atoms with E-state index in [0.29, 0.717) is 34.7 Å². The van der Waals surface area contributed by atoms with Crippen molar-refractivity contribution in [1.29, 1.82) is 0 Å². The smallest absolute Gasteiger partial charge is 0.181 e. The molecule has 112 valence electrons. The van der Waals surface area contributed by atoms with Gasteiger partial charge in [-0.2, -0.15) is 0 Å². The van der Waals surface area contributed by atoms with Crippen molar-refractivity contribution in [2.24, 2.45) is 0 Å². The van der Waals surface area contributed by atoms with Gasteiger partial charge >= 0.3 is 0 Å².